The highest BCUT2D eigenvalue weighted by molar-refractivity contribution is 5.93. The Bertz CT molecular complexity index is 952. The second-order valence-corrected chi connectivity index (χ2v) is 10.9. The molecule has 174 valence electrons. The molecule has 5 aliphatic rings. The lowest BCUT2D eigenvalue weighted by Crippen LogP contribution is -2.63. The zero-order valence-corrected chi connectivity index (χ0v) is 19.3. The van der Waals surface area contributed by atoms with Gasteiger partial charge in [0, 0.05) is 31.1 Å². The van der Waals surface area contributed by atoms with Crippen molar-refractivity contribution in [2.45, 2.75) is 89.9 Å². The van der Waals surface area contributed by atoms with Gasteiger partial charge in [-0.2, -0.15) is 0 Å². The normalized spacial score (nSPS) is 46.1. The van der Waals surface area contributed by atoms with Gasteiger partial charge in [-0.3, -0.25) is 19.2 Å². The SMILES string of the molecule is CC(=O)OCC(=O)[C@@]1(OC(C)=O)CC[C@H]2[C@@H]3CCC4=CC(=O)CC[C@]4(C)[C@]34OC4C[C@@]21C. The van der Waals surface area contributed by atoms with E-state index in [1.54, 1.807) is 0 Å². The van der Waals surface area contributed by atoms with Crippen LogP contribution >= 0.6 is 0 Å². The summed E-state index contributed by atoms with van der Waals surface area (Å²) in [6.07, 6.45) is 6.73. The van der Waals surface area contributed by atoms with Crippen LogP contribution in [0.15, 0.2) is 11.6 Å². The summed E-state index contributed by atoms with van der Waals surface area (Å²) >= 11 is 0. The Morgan fingerprint density at radius 3 is 2.50 bits per heavy atom. The molecule has 5 rings (SSSR count). The molecule has 0 amide bonds. The van der Waals surface area contributed by atoms with Crippen molar-refractivity contribution in [3.63, 3.8) is 0 Å². The fourth-order valence-corrected chi connectivity index (χ4v) is 8.22. The second-order valence-electron chi connectivity index (χ2n) is 10.9. The molecule has 7 atom stereocenters. The van der Waals surface area contributed by atoms with Crippen LogP contribution in [0.25, 0.3) is 0 Å². The second kappa shape index (κ2) is 6.75. The number of ether oxygens (including phenoxy) is 3. The van der Waals surface area contributed by atoms with Gasteiger partial charge >= 0.3 is 11.9 Å². The summed E-state index contributed by atoms with van der Waals surface area (Å²) < 4.78 is 17.5. The van der Waals surface area contributed by atoms with Crippen molar-refractivity contribution >= 4 is 23.5 Å². The zero-order chi connectivity index (χ0) is 23.1. The quantitative estimate of drug-likeness (QED) is 0.485. The van der Waals surface area contributed by atoms with Crippen molar-refractivity contribution in [2.75, 3.05) is 6.61 Å². The number of esters is 2. The van der Waals surface area contributed by atoms with E-state index >= 15 is 0 Å². The minimum atomic E-state index is -1.31. The van der Waals surface area contributed by atoms with Crippen molar-refractivity contribution in [1.82, 2.24) is 0 Å². The number of fused-ring (bicyclic) bond motifs is 3. The van der Waals surface area contributed by atoms with Crippen molar-refractivity contribution in [1.29, 1.82) is 0 Å². The molecule has 0 aromatic heterocycles. The molecule has 1 aliphatic heterocycles. The first kappa shape index (κ1) is 21.8. The maximum atomic E-state index is 13.4. The summed E-state index contributed by atoms with van der Waals surface area (Å²) in [4.78, 5) is 49.0. The van der Waals surface area contributed by atoms with Crippen molar-refractivity contribution in [2.24, 2.45) is 22.7 Å². The number of carbonyl (C=O) groups is 4. The van der Waals surface area contributed by atoms with E-state index in [0.717, 1.165) is 25.7 Å². The van der Waals surface area contributed by atoms with Gasteiger partial charge in [0.1, 0.15) is 5.60 Å². The number of hydrogen-bond donors (Lipinski definition) is 0. The zero-order valence-electron chi connectivity index (χ0n) is 19.3. The molecule has 1 saturated heterocycles. The van der Waals surface area contributed by atoms with E-state index in [1.807, 2.05) is 6.08 Å². The summed E-state index contributed by atoms with van der Waals surface area (Å²) in [6, 6.07) is 0. The molecule has 1 spiro atoms. The van der Waals surface area contributed by atoms with Crippen LogP contribution in [0.2, 0.25) is 0 Å². The van der Waals surface area contributed by atoms with Crippen LogP contribution in [0, 0.1) is 22.7 Å². The maximum absolute atomic E-state index is 13.4. The highest BCUT2D eigenvalue weighted by atomic mass is 16.6. The van der Waals surface area contributed by atoms with E-state index in [2.05, 4.69) is 13.8 Å². The number of Topliss-reactive ketones (excluding diaryl/α,β-unsaturated/α-hetero) is 1. The molecule has 1 unspecified atom stereocenters. The van der Waals surface area contributed by atoms with E-state index in [1.165, 1.54) is 19.4 Å². The topological polar surface area (TPSA) is 99.3 Å². The van der Waals surface area contributed by atoms with Crippen molar-refractivity contribution in [3.8, 4) is 0 Å². The molecule has 0 N–H and O–H groups in total. The van der Waals surface area contributed by atoms with E-state index in [0.29, 0.717) is 19.3 Å². The molecular formula is C25H32O7. The number of hydrogen-bond acceptors (Lipinski definition) is 7. The Labute approximate surface area is 188 Å². The van der Waals surface area contributed by atoms with Crippen LogP contribution in [0.5, 0.6) is 0 Å². The summed E-state index contributed by atoms with van der Waals surface area (Å²) in [6.45, 7) is 6.51. The summed E-state index contributed by atoms with van der Waals surface area (Å²) in [5.41, 5.74) is -1.15. The first-order valence-corrected chi connectivity index (χ1v) is 11.8. The van der Waals surface area contributed by atoms with Gasteiger partial charge in [-0.05, 0) is 56.4 Å². The van der Waals surface area contributed by atoms with Gasteiger partial charge in [-0.1, -0.05) is 19.4 Å². The number of rotatable bonds is 4. The van der Waals surface area contributed by atoms with Crippen LogP contribution in [0.1, 0.15) is 72.6 Å². The minimum Gasteiger partial charge on any atom is -0.458 e. The molecule has 4 aliphatic carbocycles. The maximum Gasteiger partial charge on any atom is 0.303 e. The van der Waals surface area contributed by atoms with Crippen LogP contribution in [0.4, 0.5) is 0 Å². The fraction of sp³-hybridized carbons (Fsp3) is 0.760. The minimum absolute atomic E-state index is 0.0368. The molecule has 0 radical (unpaired) electrons. The van der Waals surface area contributed by atoms with Gasteiger partial charge in [0.05, 0.1) is 6.10 Å². The Kier molecular flexibility index (Phi) is 4.60. The Morgan fingerprint density at radius 2 is 1.81 bits per heavy atom. The van der Waals surface area contributed by atoms with Crippen molar-refractivity contribution in [3.05, 3.63) is 11.6 Å². The van der Waals surface area contributed by atoms with E-state index < -0.39 is 23.0 Å². The lowest BCUT2D eigenvalue weighted by molar-refractivity contribution is -0.188. The molecule has 0 aromatic rings. The van der Waals surface area contributed by atoms with Gasteiger partial charge in [0.15, 0.2) is 18.0 Å². The van der Waals surface area contributed by atoms with E-state index in [-0.39, 0.29) is 47.1 Å². The summed E-state index contributed by atoms with van der Waals surface area (Å²) in [5, 5.41) is 0. The predicted molar refractivity (Wildman–Crippen MR) is 112 cm³/mol. The smallest absolute Gasteiger partial charge is 0.303 e. The monoisotopic (exact) mass is 444 g/mol. The van der Waals surface area contributed by atoms with Crippen LogP contribution in [-0.4, -0.2) is 47.4 Å². The van der Waals surface area contributed by atoms with Gasteiger partial charge < -0.3 is 14.2 Å². The summed E-state index contributed by atoms with van der Waals surface area (Å²) in [7, 11) is 0. The number of carbonyl (C=O) groups excluding carboxylic acids is 4. The van der Waals surface area contributed by atoms with Crippen molar-refractivity contribution < 1.29 is 33.4 Å². The third-order valence-corrected chi connectivity index (χ3v) is 9.63. The molecule has 0 aromatic carbocycles. The Balaban J connectivity index is 1.53. The molecule has 0 bridgehead atoms. The first-order valence-electron chi connectivity index (χ1n) is 11.8. The predicted octanol–water partition coefficient (Wildman–Crippen LogP) is 3.08. The first-order chi connectivity index (χ1) is 15.0. The fourth-order valence-electron chi connectivity index (χ4n) is 8.22. The molecular weight excluding hydrogens is 412 g/mol. The Hall–Kier alpha value is -2.02. The summed E-state index contributed by atoms with van der Waals surface area (Å²) in [5.74, 6) is -0.778. The standard InChI is InChI=1S/C25H32O7/c1-14(26)30-13-20(29)24(31-15(2)27)10-8-18-19-6-5-16-11-17(28)7-9-22(16,3)25(19)21(32-25)12-23(18,24)4/h11,18-19,21H,5-10,12-13H2,1-4H3/t18-,19-,21?,22-,23-,24-,25-/m0/s1. The highest BCUT2D eigenvalue weighted by Crippen LogP contribution is 2.76. The third kappa shape index (κ3) is 2.57. The van der Waals surface area contributed by atoms with Crippen LogP contribution in [-0.2, 0) is 33.4 Å². The van der Waals surface area contributed by atoms with Crippen LogP contribution in [0.3, 0.4) is 0 Å². The van der Waals surface area contributed by atoms with Gasteiger partial charge in [-0.25, -0.2) is 0 Å². The average Bonchev–Trinajstić information content (AvgIpc) is 3.36. The largest absolute Gasteiger partial charge is 0.458 e. The molecule has 4 fully saturated rings. The molecule has 32 heavy (non-hydrogen) atoms. The molecule has 7 nitrogen and oxygen atoms in total. The number of epoxide rings is 1. The third-order valence-electron chi connectivity index (χ3n) is 9.63. The highest BCUT2D eigenvalue weighted by Gasteiger charge is 2.82. The lowest BCUT2D eigenvalue weighted by atomic mass is 9.46. The molecule has 3 saturated carbocycles. The molecule has 7 heteroatoms. The van der Waals surface area contributed by atoms with Gasteiger partial charge in [0.25, 0.3) is 0 Å². The Morgan fingerprint density at radius 1 is 1.06 bits per heavy atom. The van der Waals surface area contributed by atoms with Crippen LogP contribution < -0.4 is 0 Å². The number of ketones is 2. The van der Waals surface area contributed by atoms with Gasteiger partial charge in [0.2, 0.25) is 5.78 Å². The van der Waals surface area contributed by atoms with Gasteiger partial charge in [-0.15, -0.1) is 0 Å². The molecule has 1 heterocycles. The van der Waals surface area contributed by atoms with E-state index in [4.69, 9.17) is 14.2 Å². The van der Waals surface area contributed by atoms with E-state index in [9.17, 15) is 19.2 Å². The lowest BCUT2D eigenvalue weighted by Gasteiger charge is -2.56. The average molecular weight is 445 g/mol.